The fourth-order valence-electron chi connectivity index (χ4n) is 9.97. The van der Waals surface area contributed by atoms with Crippen LogP contribution in [0.1, 0.15) is 100 Å². The fraction of sp³-hybridized carbons (Fsp3) is 0.429. The molecule has 0 spiro atoms. The van der Waals surface area contributed by atoms with Crippen molar-refractivity contribution in [3.8, 4) is 0 Å². The molecule has 16 nitrogen and oxygen atoms in total. The van der Waals surface area contributed by atoms with Crippen molar-refractivity contribution < 1.29 is 72.3 Å². The number of ketones is 2. The van der Waals surface area contributed by atoms with Crippen molar-refractivity contribution in [3.63, 3.8) is 0 Å². The third-order valence-corrected chi connectivity index (χ3v) is 13.2. The minimum absolute atomic E-state index is 0.00883. The molecule has 344 valence electrons. The van der Waals surface area contributed by atoms with Crippen LogP contribution < -0.4 is 5.32 Å². The van der Waals surface area contributed by atoms with E-state index in [2.05, 4.69) is 5.32 Å². The molecule has 16 heteroatoms. The van der Waals surface area contributed by atoms with Gasteiger partial charge in [0.1, 0.15) is 35.2 Å². The van der Waals surface area contributed by atoms with Gasteiger partial charge in [0.05, 0.1) is 23.5 Å². The lowest BCUT2D eigenvalue weighted by atomic mass is 9.46. The zero-order valence-electron chi connectivity index (χ0n) is 37.2. The number of amides is 1. The number of carbonyl (C=O) groups excluding carboxylic acids is 8. The standard InChI is InChI=1S/C49H53NO15/c1-27-34(63-45(59)39(62-29(3)53)37(31-17-11-8-12-18-31)50-43(57)32-19-13-9-14-20-32)25-49(60)42(64-44(58)33-21-15-10-16-22-33)40-47(7,35(55)23-24-48(40,26-51)65-30(4)54)41(56)38(61-28(2)52)36(27)46(49,5)6/h8-22,34,37-40,42,51,60H,23-26H2,1-7H3,(H,50,57)/t34-,37-,38+,39+,40-,42-,47+,48+,49+/m0/s1. The summed E-state index contributed by atoms with van der Waals surface area (Å²) >= 11 is 0. The van der Waals surface area contributed by atoms with Crippen LogP contribution in [0.25, 0.3) is 0 Å². The summed E-state index contributed by atoms with van der Waals surface area (Å²) in [6.07, 6.45) is -8.91. The number of hydrogen-bond acceptors (Lipinski definition) is 15. The van der Waals surface area contributed by atoms with E-state index in [9.17, 15) is 43.8 Å². The van der Waals surface area contributed by atoms with Gasteiger partial charge in [0.2, 0.25) is 6.10 Å². The molecule has 1 amide bonds. The van der Waals surface area contributed by atoms with Crippen LogP contribution >= 0.6 is 0 Å². The zero-order chi connectivity index (χ0) is 47.6. The van der Waals surface area contributed by atoms with Crippen LogP contribution in [0.2, 0.25) is 0 Å². The largest absolute Gasteiger partial charge is 0.456 e. The summed E-state index contributed by atoms with van der Waals surface area (Å²) in [6, 6.07) is 22.5. The minimum Gasteiger partial charge on any atom is -0.456 e. The van der Waals surface area contributed by atoms with Crippen LogP contribution in [-0.2, 0) is 52.5 Å². The highest BCUT2D eigenvalue weighted by atomic mass is 16.6. The Morgan fingerprint density at radius 2 is 1.34 bits per heavy atom. The summed E-state index contributed by atoms with van der Waals surface area (Å²) in [5, 5.41) is 27.8. The van der Waals surface area contributed by atoms with Crippen LogP contribution in [0.4, 0.5) is 0 Å². The molecule has 3 aromatic carbocycles. The number of rotatable bonds is 12. The maximum absolute atomic E-state index is 15.5. The molecule has 0 saturated heterocycles. The first-order valence-corrected chi connectivity index (χ1v) is 21.2. The van der Waals surface area contributed by atoms with Gasteiger partial charge in [-0.25, -0.2) is 9.59 Å². The number of fused-ring (bicyclic) bond motifs is 3. The van der Waals surface area contributed by atoms with Crippen molar-refractivity contribution in [3.05, 3.63) is 119 Å². The van der Waals surface area contributed by atoms with Gasteiger partial charge in [0.15, 0.2) is 11.9 Å². The van der Waals surface area contributed by atoms with E-state index >= 15 is 4.79 Å². The van der Waals surface area contributed by atoms with Gasteiger partial charge in [-0.15, -0.1) is 0 Å². The minimum atomic E-state index is -2.54. The number of aliphatic hydroxyl groups excluding tert-OH is 1. The Hall–Kier alpha value is -6.52. The van der Waals surface area contributed by atoms with Crippen molar-refractivity contribution >= 4 is 47.3 Å². The van der Waals surface area contributed by atoms with Crippen LogP contribution in [0.15, 0.2) is 102 Å². The normalized spacial score (nSPS) is 27.9. The highest BCUT2D eigenvalue weighted by molar-refractivity contribution is 6.11. The Labute approximate surface area is 375 Å². The van der Waals surface area contributed by atoms with Crippen molar-refractivity contribution in [1.29, 1.82) is 0 Å². The molecule has 3 N–H and O–H groups in total. The number of hydrogen-bond donors (Lipinski definition) is 3. The Morgan fingerprint density at radius 3 is 1.88 bits per heavy atom. The number of carbonyl (C=O) groups is 8. The smallest absolute Gasteiger partial charge is 0.350 e. The number of Topliss-reactive ketones (excluding diaryl/α,β-unsaturated/α-hetero) is 2. The number of esters is 5. The summed E-state index contributed by atoms with van der Waals surface area (Å²) in [6.45, 7) is 7.79. The second-order valence-corrected chi connectivity index (χ2v) is 17.5. The Balaban J connectivity index is 1.58. The molecule has 0 heterocycles. The molecule has 3 aromatic rings. The van der Waals surface area contributed by atoms with Crippen LogP contribution in [-0.4, -0.2) is 99.8 Å². The first-order chi connectivity index (χ1) is 30.6. The molecule has 0 radical (unpaired) electrons. The summed E-state index contributed by atoms with van der Waals surface area (Å²) in [7, 11) is 0. The number of aliphatic hydroxyl groups is 2. The van der Waals surface area contributed by atoms with Crippen LogP contribution in [0.3, 0.4) is 0 Å². The van der Waals surface area contributed by atoms with E-state index in [0.29, 0.717) is 5.56 Å². The van der Waals surface area contributed by atoms with Gasteiger partial charge in [-0.05, 0) is 61.2 Å². The van der Waals surface area contributed by atoms with Gasteiger partial charge in [-0.2, -0.15) is 0 Å². The molecule has 2 bridgehead atoms. The van der Waals surface area contributed by atoms with E-state index in [4.69, 9.17) is 23.7 Å². The van der Waals surface area contributed by atoms with E-state index in [-0.39, 0.29) is 28.7 Å². The maximum atomic E-state index is 15.5. The average molecular weight is 896 g/mol. The van der Waals surface area contributed by atoms with Gasteiger partial charge in [-0.3, -0.25) is 28.8 Å². The molecule has 0 aromatic heterocycles. The van der Waals surface area contributed by atoms with Crippen LogP contribution in [0.5, 0.6) is 0 Å². The van der Waals surface area contributed by atoms with E-state index in [1.807, 2.05) is 0 Å². The molecule has 9 atom stereocenters. The van der Waals surface area contributed by atoms with Gasteiger partial charge in [0.25, 0.3) is 5.91 Å². The predicted molar refractivity (Wildman–Crippen MR) is 228 cm³/mol. The van der Waals surface area contributed by atoms with Gasteiger partial charge >= 0.3 is 29.8 Å². The average Bonchev–Trinajstić information content (AvgIpc) is 3.27. The summed E-state index contributed by atoms with van der Waals surface area (Å²) in [4.78, 5) is 111. The molecular weight excluding hydrogens is 843 g/mol. The zero-order valence-corrected chi connectivity index (χ0v) is 37.2. The number of nitrogens with one attached hydrogen (secondary N) is 1. The van der Waals surface area contributed by atoms with Gasteiger partial charge in [-0.1, -0.05) is 80.6 Å². The highest BCUT2D eigenvalue weighted by Gasteiger charge is 2.74. The Bertz CT molecular complexity index is 2400. The third-order valence-electron chi connectivity index (χ3n) is 13.2. The lowest BCUT2D eigenvalue weighted by molar-refractivity contribution is -0.251. The number of benzene rings is 3. The molecule has 2 fully saturated rings. The van der Waals surface area contributed by atoms with E-state index in [1.165, 1.54) is 39.8 Å². The lowest BCUT2D eigenvalue weighted by Gasteiger charge is -2.62. The van der Waals surface area contributed by atoms with E-state index < -0.39 is 125 Å². The molecule has 0 aliphatic heterocycles. The molecule has 3 aliphatic rings. The molecule has 65 heavy (non-hydrogen) atoms. The maximum Gasteiger partial charge on any atom is 0.350 e. The molecular formula is C49H53NO15. The molecule has 6 rings (SSSR count). The summed E-state index contributed by atoms with van der Waals surface area (Å²) in [5.41, 5.74) is -8.35. The quantitative estimate of drug-likeness (QED) is 0.0983. The first-order valence-electron chi connectivity index (χ1n) is 21.2. The molecule has 0 unspecified atom stereocenters. The van der Waals surface area contributed by atoms with Crippen molar-refractivity contribution in [2.75, 3.05) is 6.61 Å². The third kappa shape index (κ3) is 8.84. The van der Waals surface area contributed by atoms with Gasteiger partial charge < -0.3 is 39.2 Å². The Morgan fingerprint density at radius 1 is 0.769 bits per heavy atom. The van der Waals surface area contributed by atoms with E-state index in [1.54, 1.807) is 78.9 Å². The molecule has 2 saturated carbocycles. The van der Waals surface area contributed by atoms with Crippen molar-refractivity contribution in [2.24, 2.45) is 16.7 Å². The number of ether oxygens (including phenoxy) is 5. The van der Waals surface area contributed by atoms with Gasteiger partial charge in [0, 0.05) is 44.6 Å². The molecule has 3 aliphatic carbocycles. The first kappa shape index (κ1) is 47.9. The lowest BCUT2D eigenvalue weighted by Crippen LogP contribution is -2.75. The fourth-order valence-corrected chi connectivity index (χ4v) is 9.97. The second kappa shape index (κ2) is 18.5. The predicted octanol–water partition coefficient (Wildman–Crippen LogP) is 4.50. The highest BCUT2D eigenvalue weighted by Crippen LogP contribution is 2.62. The Kier molecular flexibility index (Phi) is 13.7. The monoisotopic (exact) mass is 895 g/mol. The van der Waals surface area contributed by atoms with Crippen molar-refractivity contribution in [2.45, 2.75) is 109 Å². The van der Waals surface area contributed by atoms with Crippen molar-refractivity contribution in [1.82, 2.24) is 5.32 Å². The topological polar surface area (TPSA) is 235 Å². The SMILES string of the molecule is CC(=O)O[C@H]1C(=O)[C@]2(C)C(=O)CC[C@](CO)(OC(C)=O)[C@H]2[C@H](OC(=O)c2ccccc2)[C@]2(O)C[C@H](OC(=O)[C@H](OC(C)=O)[C@@H](NC(=O)c3ccccc3)c3ccccc3)C(C)=C1C2(C)C. The second-order valence-electron chi connectivity index (χ2n) is 17.5. The summed E-state index contributed by atoms with van der Waals surface area (Å²) < 4.78 is 29.8. The van der Waals surface area contributed by atoms with E-state index in [0.717, 1.165) is 20.8 Å². The summed E-state index contributed by atoms with van der Waals surface area (Å²) in [5.74, 6) is -9.35. The van der Waals surface area contributed by atoms with Crippen LogP contribution in [0, 0.1) is 16.7 Å².